The van der Waals surface area contributed by atoms with E-state index in [-0.39, 0.29) is 17.6 Å². The maximum absolute atomic E-state index is 12.9. The van der Waals surface area contributed by atoms with Gasteiger partial charge >= 0.3 is 5.22 Å². The molecule has 146 valence electrons. The summed E-state index contributed by atoms with van der Waals surface area (Å²) in [5.41, 5.74) is 0.985. The van der Waals surface area contributed by atoms with Gasteiger partial charge in [-0.15, -0.1) is 5.10 Å². The molecule has 0 aliphatic carbocycles. The highest BCUT2D eigenvalue weighted by Crippen LogP contribution is 2.16. The van der Waals surface area contributed by atoms with Gasteiger partial charge in [0.1, 0.15) is 5.82 Å². The molecule has 0 fully saturated rings. The highest BCUT2D eigenvalue weighted by molar-refractivity contribution is 7.90. The highest BCUT2D eigenvalue weighted by atomic mass is 32.2. The van der Waals surface area contributed by atoms with E-state index in [1.54, 1.807) is 24.3 Å². The maximum atomic E-state index is 12.9. The Labute approximate surface area is 161 Å². The number of carbonyl (C=O) groups excluding carboxylic acids is 1. The van der Waals surface area contributed by atoms with Gasteiger partial charge in [0.2, 0.25) is 15.7 Å². The first kappa shape index (κ1) is 19.7. The molecule has 2 aromatic carbocycles. The van der Waals surface area contributed by atoms with Gasteiger partial charge in [0.05, 0.1) is 5.75 Å². The van der Waals surface area contributed by atoms with Crippen LogP contribution in [0.15, 0.2) is 64.2 Å². The molecular formula is C19H18FN3O4S. The minimum atomic E-state index is -3.82. The van der Waals surface area contributed by atoms with Gasteiger partial charge in [-0.25, -0.2) is 12.8 Å². The Bertz CT molecular complexity index is 1030. The van der Waals surface area contributed by atoms with Gasteiger partial charge in [-0.3, -0.25) is 4.79 Å². The van der Waals surface area contributed by atoms with Gasteiger partial charge in [-0.1, -0.05) is 35.4 Å². The van der Waals surface area contributed by atoms with Crippen LogP contribution in [-0.2, 0) is 22.0 Å². The molecule has 0 radical (unpaired) electrons. The van der Waals surface area contributed by atoms with Crippen molar-refractivity contribution in [1.29, 1.82) is 0 Å². The molecule has 9 heteroatoms. The summed E-state index contributed by atoms with van der Waals surface area (Å²) in [6.45, 7) is 0.383. The van der Waals surface area contributed by atoms with E-state index in [9.17, 15) is 17.6 Å². The molecule has 1 heterocycles. The standard InChI is InChI=1S/C19H18FN3O4S/c20-16-10-8-14(9-11-16)13-28(25,26)19-23-22-17(27-19)7-4-12-21-18(24)15-5-2-1-3-6-15/h1-3,5-6,8-11H,4,7,12-13H2,(H,21,24). The van der Waals surface area contributed by atoms with E-state index < -0.39 is 20.9 Å². The molecular weight excluding hydrogens is 385 g/mol. The topological polar surface area (TPSA) is 102 Å². The van der Waals surface area contributed by atoms with E-state index in [4.69, 9.17) is 4.42 Å². The Balaban J connectivity index is 1.51. The van der Waals surface area contributed by atoms with Crippen LogP contribution in [0.3, 0.4) is 0 Å². The summed E-state index contributed by atoms with van der Waals surface area (Å²) in [6, 6.07) is 14.0. The molecule has 0 aliphatic rings. The zero-order valence-electron chi connectivity index (χ0n) is 14.8. The number of benzene rings is 2. The van der Waals surface area contributed by atoms with Crippen molar-refractivity contribution >= 4 is 15.7 Å². The molecule has 7 nitrogen and oxygen atoms in total. The van der Waals surface area contributed by atoms with Gasteiger partial charge < -0.3 is 9.73 Å². The van der Waals surface area contributed by atoms with Crippen molar-refractivity contribution in [3.63, 3.8) is 0 Å². The van der Waals surface area contributed by atoms with Crippen molar-refractivity contribution in [1.82, 2.24) is 15.5 Å². The predicted molar refractivity (Wildman–Crippen MR) is 98.7 cm³/mol. The Kier molecular flexibility index (Phi) is 6.15. The zero-order valence-corrected chi connectivity index (χ0v) is 15.7. The van der Waals surface area contributed by atoms with Crippen LogP contribution >= 0.6 is 0 Å². The van der Waals surface area contributed by atoms with Crippen molar-refractivity contribution in [2.45, 2.75) is 23.8 Å². The average Bonchev–Trinajstić information content (AvgIpc) is 3.17. The normalized spacial score (nSPS) is 11.3. The second-order valence-corrected chi connectivity index (χ2v) is 7.94. The minimum absolute atomic E-state index is 0.173. The minimum Gasteiger partial charge on any atom is -0.413 e. The average molecular weight is 403 g/mol. The molecule has 1 amide bonds. The van der Waals surface area contributed by atoms with Crippen molar-refractivity contribution in [3.05, 3.63) is 77.4 Å². The lowest BCUT2D eigenvalue weighted by Gasteiger charge is -2.03. The summed E-state index contributed by atoms with van der Waals surface area (Å²) in [6.07, 6.45) is 0.840. The summed E-state index contributed by atoms with van der Waals surface area (Å²) < 4.78 is 42.8. The van der Waals surface area contributed by atoms with Crippen molar-refractivity contribution in [3.8, 4) is 0 Å². The van der Waals surface area contributed by atoms with Crippen molar-refractivity contribution in [2.24, 2.45) is 0 Å². The SMILES string of the molecule is O=C(NCCCc1nnc(S(=O)(=O)Cc2ccc(F)cc2)o1)c1ccccc1. The van der Waals surface area contributed by atoms with Crippen LogP contribution < -0.4 is 5.32 Å². The summed E-state index contributed by atoms with van der Waals surface area (Å²) in [5.74, 6) is -0.817. The largest absolute Gasteiger partial charge is 0.413 e. The number of nitrogens with one attached hydrogen (secondary N) is 1. The number of hydrogen-bond donors (Lipinski definition) is 1. The van der Waals surface area contributed by atoms with Crippen LogP contribution in [0.4, 0.5) is 4.39 Å². The van der Waals surface area contributed by atoms with Gasteiger partial charge in [0.15, 0.2) is 0 Å². The molecule has 0 saturated heterocycles. The highest BCUT2D eigenvalue weighted by Gasteiger charge is 2.23. The third-order valence-corrected chi connectivity index (χ3v) is 5.28. The lowest BCUT2D eigenvalue weighted by atomic mass is 10.2. The maximum Gasteiger partial charge on any atom is 0.335 e. The zero-order chi connectivity index (χ0) is 20.0. The van der Waals surface area contributed by atoms with Crippen LogP contribution in [0.2, 0.25) is 0 Å². The Morgan fingerprint density at radius 1 is 1.04 bits per heavy atom. The molecule has 0 atom stereocenters. The number of hydrogen-bond acceptors (Lipinski definition) is 6. The van der Waals surface area contributed by atoms with Crippen molar-refractivity contribution < 1.29 is 22.0 Å². The Morgan fingerprint density at radius 2 is 1.75 bits per heavy atom. The first-order valence-electron chi connectivity index (χ1n) is 8.57. The summed E-state index contributed by atoms with van der Waals surface area (Å²) >= 11 is 0. The molecule has 0 saturated carbocycles. The molecule has 1 N–H and O–H groups in total. The van der Waals surface area contributed by atoms with Crippen LogP contribution in [0, 0.1) is 5.82 Å². The molecule has 0 unspecified atom stereocenters. The lowest BCUT2D eigenvalue weighted by molar-refractivity contribution is 0.0953. The molecule has 0 aliphatic heterocycles. The second-order valence-electron chi connectivity index (χ2n) is 6.07. The third kappa shape index (κ3) is 5.23. The number of aryl methyl sites for hydroxylation is 1. The second kappa shape index (κ2) is 8.75. The fourth-order valence-corrected chi connectivity index (χ4v) is 3.60. The van der Waals surface area contributed by atoms with Gasteiger partial charge in [-0.2, -0.15) is 0 Å². The molecule has 0 spiro atoms. The van der Waals surface area contributed by atoms with E-state index in [1.165, 1.54) is 24.3 Å². The molecule has 3 rings (SSSR count). The van der Waals surface area contributed by atoms with Gasteiger partial charge in [0, 0.05) is 18.5 Å². The molecule has 0 bridgehead atoms. The fourth-order valence-electron chi connectivity index (χ4n) is 2.46. The lowest BCUT2D eigenvalue weighted by Crippen LogP contribution is -2.24. The van der Waals surface area contributed by atoms with Crippen molar-refractivity contribution in [2.75, 3.05) is 6.54 Å². The van der Waals surface area contributed by atoms with Crippen LogP contribution in [0.25, 0.3) is 0 Å². The number of nitrogens with zero attached hydrogens (tertiary/aromatic N) is 2. The number of sulfone groups is 1. The quantitative estimate of drug-likeness (QED) is 0.580. The first-order chi connectivity index (χ1) is 13.4. The Hall–Kier alpha value is -3.07. The van der Waals surface area contributed by atoms with E-state index in [0.717, 1.165) is 0 Å². The number of aromatic nitrogens is 2. The van der Waals surface area contributed by atoms with Crippen LogP contribution in [0.1, 0.15) is 28.2 Å². The molecule has 3 aromatic rings. The number of rotatable bonds is 8. The Morgan fingerprint density at radius 3 is 2.46 bits per heavy atom. The first-order valence-corrected chi connectivity index (χ1v) is 10.2. The number of carbonyl (C=O) groups is 1. The fraction of sp³-hybridized carbons (Fsp3) is 0.211. The predicted octanol–water partition coefficient (Wildman–Crippen LogP) is 2.55. The summed E-state index contributed by atoms with van der Waals surface area (Å²) in [7, 11) is -3.82. The van der Waals surface area contributed by atoms with Gasteiger partial charge in [0.25, 0.3) is 5.91 Å². The van der Waals surface area contributed by atoms with E-state index in [2.05, 4.69) is 15.5 Å². The molecule has 28 heavy (non-hydrogen) atoms. The number of halogens is 1. The summed E-state index contributed by atoms with van der Waals surface area (Å²) in [5, 5.41) is 9.64. The number of amides is 1. The molecule has 1 aromatic heterocycles. The van der Waals surface area contributed by atoms with Gasteiger partial charge in [-0.05, 0) is 36.2 Å². The van der Waals surface area contributed by atoms with E-state index in [1.807, 2.05) is 6.07 Å². The monoisotopic (exact) mass is 403 g/mol. The van der Waals surface area contributed by atoms with Crippen LogP contribution in [-0.4, -0.2) is 31.1 Å². The van der Waals surface area contributed by atoms with Crippen LogP contribution in [0.5, 0.6) is 0 Å². The summed E-state index contributed by atoms with van der Waals surface area (Å²) in [4.78, 5) is 11.9. The van der Waals surface area contributed by atoms with E-state index >= 15 is 0 Å². The third-order valence-electron chi connectivity index (χ3n) is 3.87. The van der Waals surface area contributed by atoms with E-state index in [0.29, 0.717) is 30.5 Å². The smallest absolute Gasteiger partial charge is 0.335 e.